The van der Waals surface area contributed by atoms with E-state index in [1.54, 1.807) is 6.08 Å². The van der Waals surface area contributed by atoms with Crippen LogP contribution in [0.3, 0.4) is 0 Å². The van der Waals surface area contributed by atoms with E-state index in [9.17, 15) is 20.1 Å². The first kappa shape index (κ1) is 46.3. The van der Waals surface area contributed by atoms with E-state index >= 15 is 0 Å². The maximum absolute atomic E-state index is 12.3. The van der Waals surface area contributed by atoms with Crippen LogP contribution in [0.25, 0.3) is 0 Å². The lowest BCUT2D eigenvalue weighted by Gasteiger charge is -2.20. The van der Waals surface area contributed by atoms with E-state index < -0.39 is 18.2 Å². The maximum atomic E-state index is 12.3. The van der Waals surface area contributed by atoms with E-state index in [1.165, 1.54) is 109 Å². The van der Waals surface area contributed by atoms with Crippen LogP contribution in [0.1, 0.15) is 194 Å². The van der Waals surface area contributed by atoms with Gasteiger partial charge in [-0.1, -0.05) is 172 Å². The molecule has 0 heterocycles. The summed E-state index contributed by atoms with van der Waals surface area (Å²) in [5.74, 6) is -0.343. The largest absolute Gasteiger partial charge is 0.394 e. The van der Waals surface area contributed by atoms with Crippen molar-refractivity contribution in [2.75, 3.05) is 6.61 Å². The molecule has 0 radical (unpaired) electrons. The lowest BCUT2D eigenvalue weighted by molar-refractivity contribution is -0.124. The van der Waals surface area contributed by atoms with E-state index in [0.717, 1.165) is 57.8 Å². The molecule has 0 saturated heterocycles. The second kappa shape index (κ2) is 38.1. The first-order chi connectivity index (χ1) is 23.5. The zero-order valence-electron chi connectivity index (χ0n) is 31.6. The van der Waals surface area contributed by atoms with Gasteiger partial charge in [0.2, 0.25) is 5.91 Å². The summed E-state index contributed by atoms with van der Waals surface area (Å²) >= 11 is 0. The van der Waals surface area contributed by atoms with Crippen molar-refractivity contribution in [3.63, 3.8) is 0 Å². The average molecular weight is 674 g/mol. The van der Waals surface area contributed by atoms with Crippen molar-refractivity contribution in [2.45, 2.75) is 212 Å². The number of carbonyl (C=O) groups excluding carboxylic acids is 1. The van der Waals surface area contributed by atoms with Gasteiger partial charge in [-0.25, -0.2) is 0 Å². The van der Waals surface area contributed by atoms with Crippen LogP contribution in [0.5, 0.6) is 0 Å². The van der Waals surface area contributed by atoms with Gasteiger partial charge in [-0.05, 0) is 64.2 Å². The fourth-order valence-electron chi connectivity index (χ4n) is 5.88. The van der Waals surface area contributed by atoms with E-state index in [1.807, 2.05) is 6.08 Å². The van der Waals surface area contributed by atoms with Crippen LogP contribution in [-0.2, 0) is 4.79 Å². The Labute approximate surface area is 297 Å². The average Bonchev–Trinajstić information content (AvgIpc) is 3.08. The summed E-state index contributed by atoms with van der Waals surface area (Å²) in [4.78, 5) is 12.3. The quantitative estimate of drug-likeness (QED) is 0.0393. The lowest BCUT2D eigenvalue weighted by Crippen LogP contribution is -2.45. The first-order valence-electron chi connectivity index (χ1n) is 20.4. The van der Waals surface area contributed by atoms with Gasteiger partial charge in [-0.3, -0.25) is 4.79 Å². The molecular weight excluding hydrogens is 594 g/mol. The monoisotopic (exact) mass is 674 g/mol. The van der Waals surface area contributed by atoms with Gasteiger partial charge in [0.05, 0.1) is 31.3 Å². The molecule has 3 atom stereocenters. The molecule has 0 fully saturated rings. The Kier molecular flexibility index (Phi) is 36.8. The summed E-state index contributed by atoms with van der Waals surface area (Å²) in [6.07, 6.45) is 48.4. The Morgan fingerprint density at radius 3 is 1.40 bits per heavy atom. The summed E-state index contributed by atoms with van der Waals surface area (Å²) in [6.45, 7) is 4.13. The number of allylic oxidation sites excluding steroid dienone is 7. The second-order valence-corrected chi connectivity index (χ2v) is 13.9. The topological polar surface area (TPSA) is 89.8 Å². The minimum absolute atomic E-state index is 0.0106. The molecule has 5 nitrogen and oxygen atoms in total. The van der Waals surface area contributed by atoms with Gasteiger partial charge in [-0.2, -0.15) is 0 Å². The van der Waals surface area contributed by atoms with Gasteiger partial charge in [0, 0.05) is 0 Å². The van der Waals surface area contributed by atoms with Gasteiger partial charge in [-0.15, -0.1) is 0 Å². The van der Waals surface area contributed by atoms with Crippen molar-refractivity contribution in [2.24, 2.45) is 0 Å². The highest BCUT2D eigenvalue weighted by Crippen LogP contribution is 2.14. The number of rotatable bonds is 36. The molecule has 0 aliphatic rings. The zero-order chi connectivity index (χ0) is 35.2. The van der Waals surface area contributed by atoms with Gasteiger partial charge >= 0.3 is 0 Å². The van der Waals surface area contributed by atoms with Crippen molar-refractivity contribution in [3.05, 3.63) is 48.6 Å². The standard InChI is InChI=1S/C43H79NO4/c1-3-5-7-9-11-13-14-15-16-17-18-19-20-21-22-23-24-25-26-27-29-31-33-35-37-42(47)41(39-45)44-43(48)38-40(46)36-34-32-30-28-12-10-8-6-4-2/h10,12,23-24,27,29,35,37,40-42,45-47H,3-9,11,13-22,25-26,28,30-34,36,38-39H2,1-2H3,(H,44,48)/b12-10-,24-23+,29-27+,37-35+. The SMILES string of the molecule is CCCC/C=C\CCCCCC(O)CC(=O)NC(CO)C(O)/C=C/CC/C=C/CC/C=C/CCCCCCCCCCCCCCCC. The van der Waals surface area contributed by atoms with Crippen LogP contribution in [0, 0.1) is 0 Å². The molecule has 5 heteroatoms. The fourth-order valence-corrected chi connectivity index (χ4v) is 5.88. The van der Waals surface area contributed by atoms with Crippen LogP contribution in [-0.4, -0.2) is 46.1 Å². The van der Waals surface area contributed by atoms with E-state index in [0.29, 0.717) is 6.42 Å². The van der Waals surface area contributed by atoms with Gasteiger partial charge in [0.1, 0.15) is 0 Å². The Morgan fingerprint density at radius 1 is 0.521 bits per heavy atom. The van der Waals surface area contributed by atoms with E-state index in [2.05, 4.69) is 55.6 Å². The predicted octanol–water partition coefficient (Wildman–Crippen LogP) is 11.4. The van der Waals surface area contributed by atoms with Crippen LogP contribution in [0.4, 0.5) is 0 Å². The minimum atomic E-state index is -0.963. The highest BCUT2D eigenvalue weighted by Gasteiger charge is 2.20. The molecule has 3 unspecified atom stereocenters. The van der Waals surface area contributed by atoms with Crippen molar-refractivity contribution in [3.8, 4) is 0 Å². The van der Waals surface area contributed by atoms with Crippen molar-refractivity contribution in [1.29, 1.82) is 0 Å². The van der Waals surface area contributed by atoms with Gasteiger partial charge in [0.25, 0.3) is 0 Å². The predicted molar refractivity (Wildman–Crippen MR) is 208 cm³/mol. The van der Waals surface area contributed by atoms with Crippen molar-refractivity contribution < 1.29 is 20.1 Å². The number of aliphatic hydroxyl groups is 3. The highest BCUT2D eigenvalue weighted by atomic mass is 16.3. The number of hydrogen-bond donors (Lipinski definition) is 4. The molecule has 280 valence electrons. The summed E-state index contributed by atoms with van der Waals surface area (Å²) in [6, 6.07) is -0.771. The molecule has 0 rings (SSSR count). The Morgan fingerprint density at radius 2 is 0.917 bits per heavy atom. The molecule has 0 aliphatic carbocycles. The smallest absolute Gasteiger partial charge is 0.222 e. The molecular formula is C43H79NO4. The Hall–Kier alpha value is -1.69. The van der Waals surface area contributed by atoms with Crippen LogP contribution < -0.4 is 5.32 Å². The number of carbonyl (C=O) groups is 1. The second-order valence-electron chi connectivity index (χ2n) is 13.9. The molecule has 0 spiro atoms. The number of aliphatic hydroxyl groups excluding tert-OH is 3. The van der Waals surface area contributed by atoms with Crippen molar-refractivity contribution >= 4 is 5.91 Å². The van der Waals surface area contributed by atoms with E-state index in [-0.39, 0.29) is 18.9 Å². The number of amides is 1. The summed E-state index contributed by atoms with van der Waals surface area (Å²) in [5.41, 5.74) is 0. The van der Waals surface area contributed by atoms with Crippen LogP contribution in [0.2, 0.25) is 0 Å². The maximum Gasteiger partial charge on any atom is 0.222 e. The minimum Gasteiger partial charge on any atom is -0.394 e. The number of nitrogens with one attached hydrogen (secondary N) is 1. The molecule has 1 amide bonds. The normalized spacial score (nSPS) is 14.2. The third-order valence-corrected chi connectivity index (χ3v) is 9.07. The van der Waals surface area contributed by atoms with Gasteiger partial charge < -0.3 is 20.6 Å². The highest BCUT2D eigenvalue weighted by molar-refractivity contribution is 5.76. The number of hydrogen-bond acceptors (Lipinski definition) is 4. The van der Waals surface area contributed by atoms with Gasteiger partial charge in [0.15, 0.2) is 0 Å². The van der Waals surface area contributed by atoms with Crippen molar-refractivity contribution in [1.82, 2.24) is 5.32 Å². The molecule has 0 aliphatic heterocycles. The summed E-state index contributed by atoms with van der Waals surface area (Å²) in [5, 5.41) is 33.0. The molecule has 0 bridgehead atoms. The first-order valence-corrected chi connectivity index (χ1v) is 20.4. The fraction of sp³-hybridized carbons (Fsp3) is 0.791. The summed E-state index contributed by atoms with van der Waals surface area (Å²) in [7, 11) is 0. The molecule has 4 N–H and O–H groups in total. The third kappa shape index (κ3) is 34.2. The lowest BCUT2D eigenvalue weighted by atomic mass is 10.0. The van der Waals surface area contributed by atoms with Crippen LogP contribution >= 0.6 is 0 Å². The molecule has 0 aromatic carbocycles. The molecule has 48 heavy (non-hydrogen) atoms. The molecule has 0 saturated carbocycles. The molecule has 0 aromatic heterocycles. The Balaban J connectivity index is 3.74. The van der Waals surface area contributed by atoms with Crippen LogP contribution in [0.15, 0.2) is 48.6 Å². The third-order valence-electron chi connectivity index (χ3n) is 9.07. The number of unbranched alkanes of at least 4 members (excludes halogenated alkanes) is 21. The van der Waals surface area contributed by atoms with E-state index in [4.69, 9.17) is 0 Å². The molecule has 0 aromatic rings. The zero-order valence-corrected chi connectivity index (χ0v) is 31.6. The Bertz CT molecular complexity index is 790. The summed E-state index contributed by atoms with van der Waals surface area (Å²) < 4.78 is 0.